The van der Waals surface area contributed by atoms with Gasteiger partial charge in [0, 0.05) is 23.3 Å². The molecule has 82 valence electrons. The second-order valence-electron chi connectivity index (χ2n) is 4.01. The molecule has 4 heteroatoms. The second kappa shape index (κ2) is 3.89. The molecule has 0 saturated carbocycles. The Hall–Kier alpha value is -1.97. The minimum Gasteiger partial charge on any atom is -0.264 e. The fraction of sp³-hybridized carbons (Fsp3) is 0.250. The zero-order chi connectivity index (χ0) is 11.7. The molecule has 0 amide bonds. The van der Waals surface area contributed by atoms with Crippen molar-refractivity contribution in [2.24, 2.45) is 0 Å². The van der Waals surface area contributed by atoms with E-state index in [-0.39, 0.29) is 16.5 Å². The van der Waals surface area contributed by atoms with E-state index in [1.54, 1.807) is 18.5 Å². The van der Waals surface area contributed by atoms with Crippen molar-refractivity contribution in [3.8, 4) is 0 Å². The van der Waals surface area contributed by atoms with E-state index < -0.39 is 0 Å². The van der Waals surface area contributed by atoms with Crippen LogP contribution in [0.25, 0.3) is 10.8 Å². The van der Waals surface area contributed by atoms with E-state index in [9.17, 15) is 10.1 Å². The lowest BCUT2D eigenvalue weighted by atomic mass is 9.97. The van der Waals surface area contributed by atoms with Crippen LogP contribution in [0.1, 0.15) is 25.3 Å². The fourth-order valence-corrected chi connectivity index (χ4v) is 1.84. The average molecular weight is 216 g/mol. The van der Waals surface area contributed by atoms with Gasteiger partial charge in [0.25, 0.3) is 5.69 Å². The highest BCUT2D eigenvalue weighted by Gasteiger charge is 2.19. The molecular formula is C12H12N2O2. The molecule has 0 saturated heterocycles. The standard InChI is InChI=1S/C12H12N2O2/c1-8(2)10-4-3-9-7-13-6-5-11(9)12(10)14(15)16/h3-8H,1-2H3. The van der Waals surface area contributed by atoms with E-state index >= 15 is 0 Å². The molecule has 0 radical (unpaired) electrons. The molecule has 4 nitrogen and oxygen atoms in total. The van der Waals surface area contributed by atoms with Crippen LogP contribution in [0.3, 0.4) is 0 Å². The van der Waals surface area contributed by atoms with Crippen molar-refractivity contribution >= 4 is 16.5 Å². The lowest BCUT2D eigenvalue weighted by Gasteiger charge is -2.08. The molecule has 1 aromatic carbocycles. The molecule has 0 aliphatic heterocycles. The highest BCUT2D eigenvalue weighted by molar-refractivity contribution is 5.91. The van der Waals surface area contributed by atoms with Crippen LogP contribution in [0.15, 0.2) is 30.6 Å². The van der Waals surface area contributed by atoms with E-state index in [0.29, 0.717) is 5.39 Å². The largest absolute Gasteiger partial charge is 0.280 e. The number of nitro groups is 1. The molecule has 0 bridgehead atoms. The lowest BCUT2D eigenvalue weighted by molar-refractivity contribution is -0.383. The van der Waals surface area contributed by atoms with E-state index in [2.05, 4.69) is 4.98 Å². The highest BCUT2D eigenvalue weighted by atomic mass is 16.6. The fourth-order valence-electron chi connectivity index (χ4n) is 1.84. The summed E-state index contributed by atoms with van der Waals surface area (Å²) in [4.78, 5) is 14.8. The maximum atomic E-state index is 11.1. The number of benzene rings is 1. The van der Waals surface area contributed by atoms with Crippen LogP contribution in [0.5, 0.6) is 0 Å². The van der Waals surface area contributed by atoms with E-state index in [4.69, 9.17) is 0 Å². The topological polar surface area (TPSA) is 56.0 Å². The van der Waals surface area contributed by atoms with Gasteiger partial charge in [-0.3, -0.25) is 15.1 Å². The molecule has 1 aromatic heterocycles. The molecule has 2 rings (SSSR count). The summed E-state index contributed by atoms with van der Waals surface area (Å²) >= 11 is 0. The molecule has 0 atom stereocenters. The molecule has 0 unspecified atom stereocenters. The zero-order valence-electron chi connectivity index (χ0n) is 9.18. The molecule has 1 heterocycles. The average Bonchev–Trinajstić information content (AvgIpc) is 2.27. The SMILES string of the molecule is CC(C)c1ccc2cnccc2c1[N+](=O)[O-]. The normalized spacial score (nSPS) is 10.9. The molecular weight excluding hydrogens is 204 g/mol. The number of fused-ring (bicyclic) bond motifs is 1. The van der Waals surface area contributed by atoms with Gasteiger partial charge in [0.2, 0.25) is 0 Å². The van der Waals surface area contributed by atoms with Gasteiger partial charge in [0.1, 0.15) is 0 Å². The minimum absolute atomic E-state index is 0.137. The minimum atomic E-state index is -0.308. The Morgan fingerprint density at radius 2 is 2.06 bits per heavy atom. The van der Waals surface area contributed by atoms with Crippen LogP contribution >= 0.6 is 0 Å². The van der Waals surface area contributed by atoms with Crippen LogP contribution in [-0.2, 0) is 0 Å². The van der Waals surface area contributed by atoms with E-state index in [1.807, 2.05) is 26.0 Å². The smallest absolute Gasteiger partial charge is 0.264 e. The number of rotatable bonds is 2. The first-order valence-electron chi connectivity index (χ1n) is 5.12. The number of hydrogen-bond donors (Lipinski definition) is 0. The summed E-state index contributed by atoms with van der Waals surface area (Å²) in [6.45, 7) is 3.91. The van der Waals surface area contributed by atoms with Gasteiger partial charge in [0.05, 0.1) is 10.3 Å². The summed E-state index contributed by atoms with van der Waals surface area (Å²) in [5.41, 5.74) is 0.971. The van der Waals surface area contributed by atoms with E-state index in [1.165, 1.54) is 0 Å². The van der Waals surface area contributed by atoms with Crippen LogP contribution < -0.4 is 0 Å². The third kappa shape index (κ3) is 1.62. The van der Waals surface area contributed by atoms with Crippen molar-refractivity contribution in [3.63, 3.8) is 0 Å². The Kier molecular flexibility index (Phi) is 2.56. The van der Waals surface area contributed by atoms with Crippen molar-refractivity contribution in [2.45, 2.75) is 19.8 Å². The van der Waals surface area contributed by atoms with Crippen molar-refractivity contribution in [1.82, 2.24) is 4.98 Å². The number of hydrogen-bond acceptors (Lipinski definition) is 3. The Labute approximate surface area is 93.1 Å². The van der Waals surface area contributed by atoms with Crippen molar-refractivity contribution in [1.29, 1.82) is 0 Å². The molecule has 16 heavy (non-hydrogen) atoms. The van der Waals surface area contributed by atoms with Gasteiger partial charge in [-0.25, -0.2) is 0 Å². The van der Waals surface area contributed by atoms with Crippen LogP contribution in [0.4, 0.5) is 5.69 Å². The molecule has 0 N–H and O–H groups in total. The lowest BCUT2D eigenvalue weighted by Crippen LogP contribution is -1.98. The Balaban J connectivity index is 2.84. The summed E-state index contributed by atoms with van der Waals surface area (Å²) < 4.78 is 0. The predicted octanol–water partition coefficient (Wildman–Crippen LogP) is 3.27. The van der Waals surface area contributed by atoms with Gasteiger partial charge in [-0.1, -0.05) is 26.0 Å². The Morgan fingerprint density at radius 3 is 2.69 bits per heavy atom. The van der Waals surface area contributed by atoms with Crippen LogP contribution in [-0.4, -0.2) is 9.91 Å². The summed E-state index contributed by atoms with van der Waals surface area (Å²) in [6, 6.07) is 5.39. The number of nitro benzene ring substituents is 1. The van der Waals surface area contributed by atoms with Crippen LogP contribution in [0.2, 0.25) is 0 Å². The monoisotopic (exact) mass is 216 g/mol. The summed E-state index contributed by atoms with van der Waals surface area (Å²) in [6.07, 6.45) is 3.23. The Morgan fingerprint density at radius 1 is 1.31 bits per heavy atom. The van der Waals surface area contributed by atoms with Crippen LogP contribution in [0, 0.1) is 10.1 Å². The van der Waals surface area contributed by atoms with Crippen molar-refractivity contribution in [2.75, 3.05) is 0 Å². The molecule has 0 aliphatic rings. The molecule has 0 spiro atoms. The third-order valence-corrected chi connectivity index (χ3v) is 2.63. The van der Waals surface area contributed by atoms with Gasteiger partial charge >= 0.3 is 0 Å². The summed E-state index contributed by atoms with van der Waals surface area (Å²) in [5, 5.41) is 12.6. The molecule has 2 aromatic rings. The zero-order valence-corrected chi connectivity index (χ0v) is 9.18. The van der Waals surface area contributed by atoms with Gasteiger partial charge in [-0.2, -0.15) is 0 Å². The van der Waals surface area contributed by atoms with Gasteiger partial charge in [0.15, 0.2) is 0 Å². The first-order chi connectivity index (χ1) is 7.61. The first kappa shape index (κ1) is 10.5. The molecule has 0 fully saturated rings. The number of aromatic nitrogens is 1. The quantitative estimate of drug-likeness (QED) is 0.571. The van der Waals surface area contributed by atoms with Gasteiger partial charge in [-0.15, -0.1) is 0 Å². The summed E-state index contributed by atoms with van der Waals surface area (Å²) in [7, 11) is 0. The summed E-state index contributed by atoms with van der Waals surface area (Å²) in [5.74, 6) is 0.137. The van der Waals surface area contributed by atoms with Crippen molar-refractivity contribution < 1.29 is 4.92 Å². The predicted molar refractivity (Wildman–Crippen MR) is 62.5 cm³/mol. The number of pyridine rings is 1. The van der Waals surface area contributed by atoms with Gasteiger partial charge < -0.3 is 0 Å². The highest BCUT2D eigenvalue weighted by Crippen LogP contribution is 2.33. The van der Waals surface area contributed by atoms with E-state index in [0.717, 1.165) is 10.9 Å². The van der Waals surface area contributed by atoms with Crippen molar-refractivity contribution in [3.05, 3.63) is 46.3 Å². The number of nitrogens with zero attached hydrogens (tertiary/aromatic N) is 2. The Bertz CT molecular complexity index is 550. The maximum Gasteiger partial charge on any atom is 0.280 e. The maximum absolute atomic E-state index is 11.1. The second-order valence-corrected chi connectivity index (χ2v) is 4.01. The van der Waals surface area contributed by atoms with Gasteiger partial charge in [-0.05, 0) is 12.0 Å². The third-order valence-electron chi connectivity index (χ3n) is 2.63. The molecule has 0 aliphatic carbocycles. The first-order valence-corrected chi connectivity index (χ1v) is 5.12.